The molecule has 0 spiro atoms. The molecule has 2 rings (SSSR count). The number of benzene rings is 1. The van der Waals surface area contributed by atoms with Crippen molar-refractivity contribution in [3.8, 4) is 0 Å². The molecular weight excluding hydrogens is 167 g/mol. The van der Waals surface area contributed by atoms with E-state index in [4.69, 9.17) is 5.73 Å². The zero-order valence-electron chi connectivity index (χ0n) is 7.39. The topological polar surface area (TPSA) is 38.0 Å². The van der Waals surface area contributed by atoms with Crippen LogP contribution in [0.5, 0.6) is 0 Å². The van der Waals surface area contributed by atoms with Crippen molar-refractivity contribution in [2.24, 2.45) is 0 Å². The Bertz CT molecular complexity index is 306. The van der Waals surface area contributed by atoms with Gasteiger partial charge in [-0.3, -0.25) is 0 Å². The predicted molar refractivity (Wildman–Crippen MR) is 50.8 cm³/mol. The Labute approximate surface area is 76.9 Å². The van der Waals surface area contributed by atoms with Gasteiger partial charge in [0.1, 0.15) is 5.82 Å². The average molecular weight is 180 g/mol. The van der Waals surface area contributed by atoms with E-state index in [9.17, 15) is 4.39 Å². The second-order valence-electron chi connectivity index (χ2n) is 3.43. The average Bonchev–Trinajstić information content (AvgIpc) is 2.62. The molecule has 2 nitrogen and oxygen atoms in total. The van der Waals surface area contributed by atoms with Gasteiger partial charge in [-0.25, -0.2) is 4.39 Å². The van der Waals surface area contributed by atoms with Gasteiger partial charge < -0.3 is 11.1 Å². The van der Waals surface area contributed by atoms with Crippen LogP contribution in [0.1, 0.15) is 24.4 Å². The minimum Gasteiger partial charge on any atom is -0.396 e. The third kappa shape index (κ3) is 1.65. The molecule has 3 heteroatoms. The molecule has 0 radical (unpaired) electrons. The fourth-order valence-corrected chi connectivity index (χ4v) is 1.73. The highest BCUT2D eigenvalue weighted by atomic mass is 19.1. The number of hydrogen-bond donors (Lipinski definition) is 2. The van der Waals surface area contributed by atoms with Crippen molar-refractivity contribution in [1.82, 2.24) is 5.32 Å². The minimum absolute atomic E-state index is 0.224. The molecule has 1 heterocycles. The van der Waals surface area contributed by atoms with E-state index in [1.54, 1.807) is 6.07 Å². The number of nitrogen functional groups attached to an aromatic ring is 1. The zero-order valence-corrected chi connectivity index (χ0v) is 7.39. The van der Waals surface area contributed by atoms with Crippen LogP contribution in [0.4, 0.5) is 10.1 Å². The third-order valence-electron chi connectivity index (χ3n) is 2.49. The predicted octanol–water partition coefficient (Wildman–Crippen LogP) is 1.83. The van der Waals surface area contributed by atoms with Gasteiger partial charge in [0, 0.05) is 6.04 Å². The lowest BCUT2D eigenvalue weighted by molar-refractivity contribution is 0.610. The Morgan fingerprint density at radius 3 is 2.92 bits per heavy atom. The summed E-state index contributed by atoms with van der Waals surface area (Å²) >= 11 is 0. The van der Waals surface area contributed by atoms with Crippen LogP contribution in [0.2, 0.25) is 0 Å². The van der Waals surface area contributed by atoms with Crippen molar-refractivity contribution in [3.05, 3.63) is 29.6 Å². The van der Waals surface area contributed by atoms with Crippen molar-refractivity contribution in [3.63, 3.8) is 0 Å². The molecule has 1 aromatic rings. The lowest BCUT2D eigenvalue weighted by Gasteiger charge is -2.10. The Morgan fingerprint density at radius 2 is 2.31 bits per heavy atom. The number of nitrogens with two attached hydrogens (primary N) is 1. The van der Waals surface area contributed by atoms with Crippen LogP contribution < -0.4 is 11.1 Å². The lowest BCUT2D eigenvalue weighted by atomic mass is 10.0. The SMILES string of the molecule is Nc1ccc([C@@H]2CCCN2)cc1F. The molecule has 3 N–H and O–H groups in total. The van der Waals surface area contributed by atoms with E-state index < -0.39 is 0 Å². The molecule has 1 aliphatic heterocycles. The van der Waals surface area contributed by atoms with Gasteiger partial charge in [0.25, 0.3) is 0 Å². The molecule has 1 saturated heterocycles. The Balaban J connectivity index is 2.25. The monoisotopic (exact) mass is 180 g/mol. The number of anilines is 1. The quantitative estimate of drug-likeness (QED) is 0.647. The van der Waals surface area contributed by atoms with Crippen molar-refractivity contribution in [2.75, 3.05) is 12.3 Å². The summed E-state index contributed by atoms with van der Waals surface area (Å²) in [5, 5.41) is 3.31. The van der Waals surface area contributed by atoms with Gasteiger partial charge in [-0.15, -0.1) is 0 Å². The minimum atomic E-state index is -0.314. The van der Waals surface area contributed by atoms with Crippen LogP contribution in [0, 0.1) is 5.82 Å². The maximum Gasteiger partial charge on any atom is 0.146 e. The van der Waals surface area contributed by atoms with E-state index >= 15 is 0 Å². The molecule has 1 fully saturated rings. The lowest BCUT2D eigenvalue weighted by Crippen LogP contribution is -2.13. The van der Waals surface area contributed by atoms with E-state index in [1.165, 1.54) is 6.07 Å². The molecule has 0 amide bonds. The summed E-state index contributed by atoms with van der Waals surface area (Å²) in [7, 11) is 0. The normalized spacial score (nSPS) is 22.1. The second-order valence-corrected chi connectivity index (χ2v) is 3.43. The van der Waals surface area contributed by atoms with Gasteiger partial charge in [0.15, 0.2) is 0 Å². The summed E-state index contributed by atoms with van der Waals surface area (Å²) in [5.41, 5.74) is 6.62. The first-order valence-electron chi connectivity index (χ1n) is 4.55. The number of nitrogens with one attached hydrogen (secondary N) is 1. The molecule has 0 unspecified atom stereocenters. The fourth-order valence-electron chi connectivity index (χ4n) is 1.73. The van der Waals surface area contributed by atoms with Gasteiger partial charge in [0.05, 0.1) is 5.69 Å². The summed E-state index contributed by atoms with van der Waals surface area (Å²) < 4.78 is 13.1. The summed E-state index contributed by atoms with van der Waals surface area (Å²) in [5.74, 6) is -0.314. The smallest absolute Gasteiger partial charge is 0.146 e. The summed E-state index contributed by atoms with van der Waals surface area (Å²) in [6.45, 7) is 1.02. The molecule has 13 heavy (non-hydrogen) atoms. The maximum absolute atomic E-state index is 13.1. The first kappa shape index (κ1) is 8.51. The van der Waals surface area contributed by atoms with Crippen LogP contribution in [0.25, 0.3) is 0 Å². The van der Waals surface area contributed by atoms with Gasteiger partial charge in [-0.1, -0.05) is 6.07 Å². The number of halogens is 1. The van der Waals surface area contributed by atoms with Gasteiger partial charge >= 0.3 is 0 Å². The van der Waals surface area contributed by atoms with Crippen LogP contribution in [0.3, 0.4) is 0 Å². The Hall–Kier alpha value is -1.09. The molecule has 1 aliphatic rings. The Kier molecular flexibility index (Phi) is 2.19. The maximum atomic E-state index is 13.1. The highest BCUT2D eigenvalue weighted by Crippen LogP contribution is 2.24. The summed E-state index contributed by atoms with van der Waals surface area (Å²) in [4.78, 5) is 0. The van der Waals surface area contributed by atoms with E-state index in [-0.39, 0.29) is 11.5 Å². The zero-order chi connectivity index (χ0) is 9.26. The van der Waals surface area contributed by atoms with Crippen molar-refractivity contribution in [1.29, 1.82) is 0 Å². The van der Waals surface area contributed by atoms with Gasteiger partial charge in [-0.05, 0) is 37.1 Å². The van der Waals surface area contributed by atoms with Gasteiger partial charge in [-0.2, -0.15) is 0 Å². The molecule has 1 atom stereocenters. The first-order valence-corrected chi connectivity index (χ1v) is 4.55. The highest BCUT2D eigenvalue weighted by molar-refractivity contribution is 5.42. The third-order valence-corrected chi connectivity index (χ3v) is 2.49. The fraction of sp³-hybridized carbons (Fsp3) is 0.400. The van der Waals surface area contributed by atoms with Crippen LogP contribution in [-0.2, 0) is 0 Å². The first-order chi connectivity index (χ1) is 6.27. The summed E-state index contributed by atoms with van der Waals surface area (Å²) in [6, 6.07) is 5.36. The van der Waals surface area contributed by atoms with Crippen molar-refractivity contribution < 1.29 is 4.39 Å². The molecule has 0 aliphatic carbocycles. The molecule has 70 valence electrons. The van der Waals surface area contributed by atoms with Crippen LogP contribution in [-0.4, -0.2) is 6.54 Å². The number of hydrogen-bond acceptors (Lipinski definition) is 2. The standard InChI is InChI=1S/C10H13FN2/c11-8-6-7(3-4-9(8)12)10-2-1-5-13-10/h3-4,6,10,13H,1-2,5,12H2/t10-/m0/s1. The van der Waals surface area contributed by atoms with E-state index in [2.05, 4.69) is 5.32 Å². The molecule has 0 aromatic heterocycles. The van der Waals surface area contributed by atoms with Crippen LogP contribution >= 0.6 is 0 Å². The Morgan fingerprint density at radius 1 is 1.46 bits per heavy atom. The summed E-state index contributed by atoms with van der Waals surface area (Å²) in [6.07, 6.45) is 2.25. The molecular formula is C10H13FN2. The molecule has 1 aromatic carbocycles. The van der Waals surface area contributed by atoms with E-state index in [0.717, 1.165) is 24.9 Å². The van der Waals surface area contributed by atoms with Gasteiger partial charge in [0.2, 0.25) is 0 Å². The highest BCUT2D eigenvalue weighted by Gasteiger charge is 2.16. The van der Waals surface area contributed by atoms with Crippen LogP contribution in [0.15, 0.2) is 18.2 Å². The van der Waals surface area contributed by atoms with E-state index in [0.29, 0.717) is 6.04 Å². The molecule has 0 saturated carbocycles. The van der Waals surface area contributed by atoms with Crippen molar-refractivity contribution in [2.45, 2.75) is 18.9 Å². The number of rotatable bonds is 1. The second kappa shape index (κ2) is 3.34. The van der Waals surface area contributed by atoms with E-state index in [1.807, 2.05) is 6.07 Å². The van der Waals surface area contributed by atoms with Crippen molar-refractivity contribution >= 4 is 5.69 Å². The largest absolute Gasteiger partial charge is 0.396 e. The molecule has 0 bridgehead atoms.